The van der Waals surface area contributed by atoms with Crippen LogP contribution >= 0.6 is 0 Å². The van der Waals surface area contributed by atoms with Crippen molar-refractivity contribution in [1.82, 2.24) is 10.6 Å². The van der Waals surface area contributed by atoms with E-state index in [1.807, 2.05) is 13.8 Å². The molecule has 0 aromatic heterocycles. The van der Waals surface area contributed by atoms with E-state index in [1.54, 1.807) is 19.1 Å². The van der Waals surface area contributed by atoms with Crippen LogP contribution in [0, 0.1) is 5.92 Å². The fourth-order valence-corrected chi connectivity index (χ4v) is 3.03. The molecule has 5 N–H and O–H groups in total. The van der Waals surface area contributed by atoms with Crippen molar-refractivity contribution in [2.75, 3.05) is 6.61 Å². The summed E-state index contributed by atoms with van der Waals surface area (Å²) in [5.74, 6) is -2.40. The molecule has 170 valence electrons. The molecular weight excluding hydrogens is 406 g/mol. The predicted octanol–water partition coefficient (Wildman–Crippen LogP) is -0.234. The molecule has 1 aromatic rings. The average Bonchev–Trinajstić information content (AvgIpc) is 3.49. The number of epoxide rings is 1. The number of aromatic hydroxyl groups is 1. The Bertz CT molecular complexity index is 810. The zero-order valence-corrected chi connectivity index (χ0v) is 17.8. The Labute approximate surface area is 180 Å². The summed E-state index contributed by atoms with van der Waals surface area (Å²) in [6.07, 6.45) is -1.56. The van der Waals surface area contributed by atoms with Crippen LogP contribution in [-0.2, 0) is 35.1 Å². The maximum absolute atomic E-state index is 12.8. The van der Waals surface area contributed by atoms with E-state index < -0.39 is 48.0 Å². The van der Waals surface area contributed by atoms with Crippen LogP contribution in [0.4, 0.5) is 0 Å². The predicted molar refractivity (Wildman–Crippen MR) is 110 cm³/mol. The topological polar surface area (TPSA) is 160 Å². The molecule has 1 heterocycles. The van der Waals surface area contributed by atoms with E-state index in [2.05, 4.69) is 10.6 Å². The normalized spacial score (nSPS) is 19.2. The van der Waals surface area contributed by atoms with Crippen molar-refractivity contribution in [2.24, 2.45) is 11.7 Å². The number of rotatable bonds is 11. The van der Waals surface area contributed by atoms with E-state index in [0.29, 0.717) is 12.0 Å². The van der Waals surface area contributed by atoms with E-state index in [9.17, 15) is 24.3 Å². The van der Waals surface area contributed by atoms with E-state index in [1.165, 1.54) is 12.1 Å². The fraction of sp³-hybridized carbons (Fsp3) is 0.524. The molecule has 2 unspecified atom stereocenters. The number of hydrogen-bond acceptors (Lipinski definition) is 7. The third kappa shape index (κ3) is 7.25. The maximum atomic E-state index is 12.8. The summed E-state index contributed by atoms with van der Waals surface area (Å²) in [6, 6.07) is 4.21. The zero-order chi connectivity index (χ0) is 23.1. The maximum Gasteiger partial charge on any atom is 0.338 e. The quantitative estimate of drug-likeness (QED) is 0.276. The summed E-state index contributed by atoms with van der Waals surface area (Å²) in [5, 5.41) is 14.5. The summed E-state index contributed by atoms with van der Waals surface area (Å²) in [4.78, 5) is 48.8. The molecule has 2 rings (SSSR count). The molecule has 0 spiro atoms. The third-order valence-corrected chi connectivity index (χ3v) is 4.65. The Morgan fingerprint density at radius 1 is 1.10 bits per heavy atom. The van der Waals surface area contributed by atoms with Gasteiger partial charge in [0.1, 0.15) is 17.8 Å². The number of amides is 3. The van der Waals surface area contributed by atoms with Gasteiger partial charge >= 0.3 is 5.97 Å². The number of carbonyl (C=O) groups excluding carboxylic acids is 4. The second-order valence-corrected chi connectivity index (χ2v) is 7.75. The van der Waals surface area contributed by atoms with Crippen LogP contribution in [-0.4, -0.2) is 59.7 Å². The van der Waals surface area contributed by atoms with E-state index >= 15 is 0 Å². The molecule has 0 radical (unpaired) electrons. The molecule has 1 aliphatic heterocycles. The molecule has 1 aliphatic rings. The molecule has 10 nitrogen and oxygen atoms in total. The number of nitrogens with one attached hydrogen (secondary N) is 2. The fourth-order valence-electron chi connectivity index (χ4n) is 3.03. The van der Waals surface area contributed by atoms with E-state index in [0.717, 1.165) is 0 Å². The molecule has 1 fully saturated rings. The highest BCUT2D eigenvalue weighted by molar-refractivity contribution is 5.96. The van der Waals surface area contributed by atoms with Gasteiger partial charge in [-0.3, -0.25) is 14.4 Å². The second-order valence-electron chi connectivity index (χ2n) is 7.75. The molecule has 1 saturated heterocycles. The van der Waals surface area contributed by atoms with Crippen LogP contribution in [0.1, 0.15) is 32.8 Å². The van der Waals surface area contributed by atoms with Crippen molar-refractivity contribution in [1.29, 1.82) is 0 Å². The first-order chi connectivity index (χ1) is 14.6. The number of benzene rings is 1. The van der Waals surface area contributed by atoms with Crippen LogP contribution in [0.3, 0.4) is 0 Å². The van der Waals surface area contributed by atoms with Gasteiger partial charge in [0, 0.05) is 6.42 Å². The lowest BCUT2D eigenvalue weighted by atomic mass is 10.0. The van der Waals surface area contributed by atoms with Gasteiger partial charge in [-0.2, -0.15) is 0 Å². The minimum Gasteiger partial charge on any atom is -0.508 e. The molecule has 1 aromatic carbocycles. The van der Waals surface area contributed by atoms with Crippen molar-refractivity contribution in [3.63, 3.8) is 0 Å². The molecule has 31 heavy (non-hydrogen) atoms. The minimum absolute atomic E-state index is 0.0566. The number of carbonyl (C=O) groups is 4. The number of hydrogen-bond donors (Lipinski definition) is 4. The van der Waals surface area contributed by atoms with Crippen molar-refractivity contribution < 1.29 is 33.8 Å². The highest BCUT2D eigenvalue weighted by Gasteiger charge is 2.52. The van der Waals surface area contributed by atoms with Crippen LogP contribution in [0.25, 0.3) is 0 Å². The van der Waals surface area contributed by atoms with Crippen molar-refractivity contribution >= 4 is 23.7 Å². The Kier molecular flexibility index (Phi) is 8.38. The number of ether oxygens (including phenoxy) is 2. The Morgan fingerprint density at radius 2 is 1.74 bits per heavy atom. The summed E-state index contributed by atoms with van der Waals surface area (Å²) >= 11 is 0. The van der Waals surface area contributed by atoms with Crippen LogP contribution in [0.2, 0.25) is 0 Å². The molecule has 0 aliphatic carbocycles. The lowest BCUT2D eigenvalue weighted by Crippen LogP contribution is -2.54. The molecule has 4 atom stereocenters. The van der Waals surface area contributed by atoms with Gasteiger partial charge in [-0.25, -0.2) is 4.79 Å². The second kappa shape index (κ2) is 10.8. The number of phenols is 1. The number of primary amides is 1. The smallest absolute Gasteiger partial charge is 0.338 e. The summed E-state index contributed by atoms with van der Waals surface area (Å²) in [7, 11) is 0. The first-order valence-electron chi connectivity index (χ1n) is 10.1. The Morgan fingerprint density at radius 3 is 2.29 bits per heavy atom. The number of nitrogens with two attached hydrogens (primary N) is 1. The lowest BCUT2D eigenvalue weighted by molar-refractivity contribution is -0.144. The minimum atomic E-state index is -1.01. The summed E-state index contributed by atoms with van der Waals surface area (Å²) in [6.45, 7) is 5.57. The Balaban J connectivity index is 2.02. The van der Waals surface area contributed by atoms with Crippen molar-refractivity contribution in [3.05, 3.63) is 29.8 Å². The van der Waals surface area contributed by atoms with Gasteiger partial charge in [0.25, 0.3) is 5.91 Å². The van der Waals surface area contributed by atoms with Crippen LogP contribution in [0.5, 0.6) is 5.75 Å². The highest BCUT2D eigenvalue weighted by Crippen LogP contribution is 2.24. The van der Waals surface area contributed by atoms with Crippen molar-refractivity contribution in [3.8, 4) is 5.75 Å². The van der Waals surface area contributed by atoms with Gasteiger partial charge < -0.3 is 30.9 Å². The average molecular weight is 435 g/mol. The van der Waals surface area contributed by atoms with Crippen LogP contribution in [0.15, 0.2) is 24.3 Å². The molecule has 3 amide bonds. The van der Waals surface area contributed by atoms with Gasteiger partial charge in [0.2, 0.25) is 11.8 Å². The van der Waals surface area contributed by atoms with Crippen molar-refractivity contribution in [2.45, 2.75) is 57.9 Å². The molecule has 0 saturated carbocycles. The zero-order valence-electron chi connectivity index (χ0n) is 17.8. The van der Waals surface area contributed by atoms with Gasteiger partial charge in [-0.1, -0.05) is 26.0 Å². The van der Waals surface area contributed by atoms with E-state index in [4.69, 9.17) is 15.2 Å². The SMILES string of the molecule is CCOC(=O)C1OC1C(=O)N[C@@H](CC(C)C)C(=O)N[C@@H](Cc1ccc(O)cc1)C(N)=O. The summed E-state index contributed by atoms with van der Waals surface area (Å²) < 4.78 is 9.89. The Hall–Kier alpha value is -3.14. The van der Waals surface area contributed by atoms with Crippen LogP contribution < -0.4 is 16.4 Å². The third-order valence-electron chi connectivity index (χ3n) is 4.65. The molecular formula is C21H29N3O7. The standard InChI is InChI=1S/C21H29N3O7/c1-4-30-21(29)17-16(31-17)20(28)24-15(9-11(2)3)19(27)23-14(18(22)26)10-12-5-7-13(25)8-6-12/h5-8,11,14-17,25H,4,9-10H2,1-3H3,(H2,22,26)(H,23,27)(H,24,28)/t14-,15-,16?,17?/m0/s1. The van der Waals surface area contributed by atoms with Gasteiger partial charge in [-0.15, -0.1) is 0 Å². The molecule has 10 heteroatoms. The van der Waals surface area contributed by atoms with Gasteiger partial charge in [0.05, 0.1) is 6.61 Å². The van der Waals surface area contributed by atoms with E-state index in [-0.39, 0.29) is 24.7 Å². The largest absolute Gasteiger partial charge is 0.508 e. The number of esters is 1. The molecule has 0 bridgehead atoms. The van der Waals surface area contributed by atoms with Gasteiger partial charge in [0.15, 0.2) is 12.2 Å². The first kappa shape index (κ1) is 24.1. The van der Waals surface area contributed by atoms with Gasteiger partial charge in [-0.05, 0) is 37.0 Å². The lowest BCUT2D eigenvalue weighted by Gasteiger charge is -2.23. The monoisotopic (exact) mass is 435 g/mol. The summed E-state index contributed by atoms with van der Waals surface area (Å²) in [5.41, 5.74) is 6.13. The number of phenolic OH excluding ortho intramolecular Hbond substituents is 1. The highest BCUT2D eigenvalue weighted by atomic mass is 16.6. The first-order valence-corrected chi connectivity index (χ1v) is 10.1.